The van der Waals surface area contributed by atoms with Crippen LogP contribution < -0.4 is 14.8 Å². The van der Waals surface area contributed by atoms with E-state index < -0.39 is 11.9 Å². The van der Waals surface area contributed by atoms with Crippen molar-refractivity contribution < 1.29 is 23.8 Å². The first-order valence-corrected chi connectivity index (χ1v) is 8.52. The molecule has 2 aromatic rings. The highest BCUT2D eigenvalue weighted by Gasteiger charge is 2.14. The molecule has 0 aliphatic heterocycles. The van der Waals surface area contributed by atoms with Crippen LogP contribution >= 0.6 is 11.6 Å². The number of hydrogen-bond donors (Lipinski definition) is 1. The smallest absolute Gasteiger partial charge is 0.338 e. The number of amides is 1. The van der Waals surface area contributed by atoms with Crippen molar-refractivity contribution in [1.29, 1.82) is 0 Å². The minimum Gasteiger partial charge on any atom is -0.493 e. The summed E-state index contributed by atoms with van der Waals surface area (Å²) in [6.45, 7) is 3.67. The van der Waals surface area contributed by atoms with Crippen molar-refractivity contribution in [3.8, 4) is 11.5 Å². The van der Waals surface area contributed by atoms with Gasteiger partial charge in [0.05, 0.1) is 12.7 Å². The second kappa shape index (κ2) is 10.2. The number of ether oxygens (including phenoxy) is 3. The van der Waals surface area contributed by atoms with Crippen molar-refractivity contribution in [3.05, 3.63) is 71.3 Å². The molecular weight excluding hydrogens is 370 g/mol. The Morgan fingerprint density at radius 1 is 1.19 bits per heavy atom. The Bertz CT molecular complexity index is 822. The number of benzene rings is 2. The highest BCUT2D eigenvalue weighted by atomic mass is 35.5. The van der Waals surface area contributed by atoms with Gasteiger partial charge in [0, 0.05) is 17.1 Å². The largest absolute Gasteiger partial charge is 0.493 e. The van der Waals surface area contributed by atoms with E-state index in [-0.39, 0.29) is 18.8 Å². The maximum absolute atomic E-state index is 12.1. The van der Waals surface area contributed by atoms with E-state index >= 15 is 0 Å². The zero-order valence-electron chi connectivity index (χ0n) is 14.9. The third-order valence-corrected chi connectivity index (χ3v) is 3.89. The third kappa shape index (κ3) is 6.04. The molecule has 0 saturated carbocycles. The molecular formula is C20H20ClNO5. The second-order valence-corrected chi connectivity index (χ2v) is 5.82. The van der Waals surface area contributed by atoms with Gasteiger partial charge < -0.3 is 19.5 Å². The van der Waals surface area contributed by atoms with Crippen LogP contribution in [-0.2, 0) is 16.1 Å². The van der Waals surface area contributed by atoms with Gasteiger partial charge >= 0.3 is 5.97 Å². The van der Waals surface area contributed by atoms with Crippen LogP contribution in [0.15, 0.2) is 55.1 Å². The van der Waals surface area contributed by atoms with Gasteiger partial charge in [0.25, 0.3) is 5.91 Å². The van der Waals surface area contributed by atoms with Gasteiger partial charge in [0.1, 0.15) is 6.61 Å². The lowest BCUT2D eigenvalue weighted by molar-refractivity contribution is -0.124. The molecule has 2 aromatic carbocycles. The number of esters is 1. The van der Waals surface area contributed by atoms with Crippen LogP contribution in [0.5, 0.6) is 11.5 Å². The van der Waals surface area contributed by atoms with E-state index in [1.165, 1.54) is 25.3 Å². The molecule has 0 unspecified atom stereocenters. The summed E-state index contributed by atoms with van der Waals surface area (Å²) in [4.78, 5) is 23.6. The molecule has 0 spiro atoms. The van der Waals surface area contributed by atoms with Crippen LogP contribution in [0.3, 0.4) is 0 Å². The Kier molecular flexibility index (Phi) is 7.70. The van der Waals surface area contributed by atoms with Crippen molar-refractivity contribution in [1.82, 2.24) is 5.32 Å². The van der Waals surface area contributed by atoms with Crippen LogP contribution in [-0.4, -0.2) is 32.1 Å². The third-order valence-electron chi connectivity index (χ3n) is 3.52. The number of carbonyl (C=O) groups excluding carboxylic acids is 2. The lowest BCUT2D eigenvalue weighted by atomic mass is 10.2. The van der Waals surface area contributed by atoms with Gasteiger partial charge in [0.2, 0.25) is 0 Å². The first-order valence-electron chi connectivity index (χ1n) is 8.14. The Morgan fingerprint density at radius 2 is 1.96 bits per heavy atom. The summed E-state index contributed by atoms with van der Waals surface area (Å²) in [6.07, 6.45) is 1.53. The molecule has 0 aliphatic carbocycles. The summed E-state index contributed by atoms with van der Waals surface area (Å²) < 4.78 is 16.0. The molecule has 0 saturated heterocycles. The molecule has 0 radical (unpaired) electrons. The first-order chi connectivity index (χ1) is 13.0. The monoisotopic (exact) mass is 389 g/mol. The predicted octanol–water partition coefficient (Wildman–Crippen LogP) is 3.39. The van der Waals surface area contributed by atoms with Crippen molar-refractivity contribution >= 4 is 23.5 Å². The molecule has 6 nitrogen and oxygen atoms in total. The zero-order valence-corrected chi connectivity index (χ0v) is 15.6. The van der Waals surface area contributed by atoms with Crippen molar-refractivity contribution in [2.75, 3.05) is 20.3 Å². The van der Waals surface area contributed by atoms with Gasteiger partial charge in [-0.2, -0.15) is 0 Å². The van der Waals surface area contributed by atoms with Gasteiger partial charge in [-0.3, -0.25) is 4.79 Å². The highest BCUT2D eigenvalue weighted by molar-refractivity contribution is 6.31. The number of halogens is 1. The standard InChI is InChI=1S/C20H20ClNO5/c1-3-10-22-19(23)13-27-20(24)14-8-9-17(18(11-14)25-2)26-12-15-6-4-5-7-16(15)21/h3-9,11H,1,10,12-13H2,2H3,(H,22,23). The fourth-order valence-corrected chi connectivity index (χ4v) is 2.33. The van der Waals surface area contributed by atoms with Crippen LogP contribution in [0.4, 0.5) is 0 Å². The fourth-order valence-electron chi connectivity index (χ4n) is 2.14. The summed E-state index contributed by atoms with van der Waals surface area (Å²) in [6, 6.07) is 12.0. The zero-order chi connectivity index (χ0) is 19.6. The minimum atomic E-state index is -0.639. The van der Waals surface area contributed by atoms with Crippen molar-refractivity contribution in [2.24, 2.45) is 0 Å². The summed E-state index contributed by atoms with van der Waals surface area (Å²) in [7, 11) is 1.47. The summed E-state index contributed by atoms with van der Waals surface area (Å²) >= 11 is 6.11. The SMILES string of the molecule is C=CCNC(=O)COC(=O)c1ccc(OCc2ccccc2Cl)c(OC)c1. The van der Waals surface area contributed by atoms with Gasteiger partial charge in [-0.15, -0.1) is 6.58 Å². The molecule has 27 heavy (non-hydrogen) atoms. The van der Waals surface area contributed by atoms with Crippen LogP contribution in [0.2, 0.25) is 5.02 Å². The van der Waals surface area contributed by atoms with Gasteiger partial charge in [-0.05, 0) is 24.3 Å². The average Bonchev–Trinajstić information content (AvgIpc) is 2.69. The van der Waals surface area contributed by atoms with E-state index in [0.717, 1.165) is 5.56 Å². The summed E-state index contributed by atoms with van der Waals surface area (Å²) in [5, 5.41) is 3.12. The van der Waals surface area contributed by atoms with Crippen LogP contribution in [0.1, 0.15) is 15.9 Å². The molecule has 0 atom stereocenters. The lowest BCUT2D eigenvalue weighted by Gasteiger charge is -2.13. The quantitative estimate of drug-likeness (QED) is 0.525. The average molecular weight is 390 g/mol. The molecule has 142 valence electrons. The Balaban J connectivity index is 2.00. The Hall–Kier alpha value is -2.99. The maximum atomic E-state index is 12.1. The number of nitrogens with one attached hydrogen (secondary N) is 1. The maximum Gasteiger partial charge on any atom is 0.338 e. The van der Waals surface area contributed by atoms with Gasteiger partial charge in [-0.25, -0.2) is 4.79 Å². The normalized spacial score (nSPS) is 10.0. The molecule has 0 fully saturated rings. The predicted molar refractivity (Wildman–Crippen MR) is 102 cm³/mol. The molecule has 0 heterocycles. The van der Waals surface area contributed by atoms with E-state index in [1.807, 2.05) is 18.2 Å². The number of methoxy groups -OCH3 is 1. The molecule has 1 N–H and O–H groups in total. The topological polar surface area (TPSA) is 73.9 Å². The molecule has 7 heteroatoms. The Morgan fingerprint density at radius 3 is 2.67 bits per heavy atom. The number of hydrogen-bond acceptors (Lipinski definition) is 5. The van der Waals surface area contributed by atoms with Crippen LogP contribution in [0.25, 0.3) is 0 Å². The highest BCUT2D eigenvalue weighted by Crippen LogP contribution is 2.29. The lowest BCUT2D eigenvalue weighted by Crippen LogP contribution is -2.28. The fraction of sp³-hybridized carbons (Fsp3) is 0.200. The van der Waals surface area contributed by atoms with Crippen LogP contribution in [0, 0.1) is 0 Å². The molecule has 0 aromatic heterocycles. The van der Waals surface area contributed by atoms with E-state index in [9.17, 15) is 9.59 Å². The van der Waals surface area contributed by atoms with Crippen molar-refractivity contribution in [3.63, 3.8) is 0 Å². The van der Waals surface area contributed by atoms with E-state index in [0.29, 0.717) is 23.1 Å². The first kappa shape index (κ1) is 20.3. The minimum absolute atomic E-state index is 0.244. The van der Waals surface area contributed by atoms with Gasteiger partial charge in [-0.1, -0.05) is 35.9 Å². The number of rotatable bonds is 9. The molecule has 1 amide bonds. The Labute approximate surface area is 162 Å². The summed E-state index contributed by atoms with van der Waals surface area (Å²) in [5.41, 5.74) is 1.07. The molecule has 2 rings (SSSR count). The molecule has 0 aliphatic rings. The second-order valence-electron chi connectivity index (χ2n) is 5.41. The van der Waals surface area contributed by atoms with E-state index in [1.54, 1.807) is 12.1 Å². The molecule has 0 bridgehead atoms. The van der Waals surface area contributed by atoms with Gasteiger partial charge in [0.15, 0.2) is 18.1 Å². The van der Waals surface area contributed by atoms with E-state index in [2.05, 4.69) is 11.9 Å². The van der Waals surface area contributed by atoms with Crippen molar-refractivity contribution in [2.45, 2.75) is 6.61 Å². The number of carbonyl (C=O) groups is 2. The summed E-state index contributed by atoms with van der Waals surface area (Å²) in [5.74, 6) is -0.222. The van der Waals surface area contributed by atoms with E-state index in [4.69, 9.17) is 25.8 Å².